The molecule has 0 radical (unpaired) electrons. The maximum absolute atomic E-state index is 12.7. The van der Waals surface area contributed by atoms with Crippen LogP contribution in [0.25, 0.3) is 0 Å². The summed E-state index contributed by atoms with van der Waals surface area (Å²) >= 11 is 0. The fourth-order valence-electron chi connectivity index (χ4n) is 5.12. The van der Waals surface area contributed by atoms with E-state index in [1.807, 2.05) is 4.90 Å². The number of carbonyl (C=O) groups excluding carboxylic acids is 1. The molecule has 0 saturated carbocycles. The SMILES string of the molecule is CC1=CCCC2(C)OC2C2OC(=O)C(CN3CCCC3C(=O)O)C2CC1. The molecule has 0 bridgehead atoms. The smallest absolute Gasteiger partial charge is 0.320 e. The van der Waals surface area contributed by atoms with Crippen LogP contribution in [0.5, 0.6) is 0 Å². The Labute approximate surface area is 154 Å². The van der Waals surface area contributed by atoms with Crippen molar-refractivity contribution < 1.29 is 24.2 Å². The second-order valence-electron chi connectivity index (χ2n) is 8.64. The van der Waals surface area contributed by atoms with Gasteiger partial charge < -0.3 is 14.6 Å². The zero-order chi connectivity index (χ0) is 18.5. The summed E-state index contributed by atoms with van der Waals surface area (Å²) in [6.45, 7) is 5.50. The van der Waals surface area contributed by atoms with E-state index >= 15 is 0 Å². The van der Waals surface area contributed by atoms with E-state index in [9.17, 15) is 14.7 Å². The van der Waals surface area contributed by atoms with Crippen LogP contribution in [0.4, 0.5) is 0 Å². The van der Waals surface area contributed by atoms with Gasteiger partial charge in [0.25, 0.3) is 0 Å². The first-order valence-electron chi connectivity index (χ1n) is 9.90. The molecule has 0 spiro atoms. The summed E-state index contributed by atoms with van der Waals surface area (Å²) in [5, 5.41) is 9.44. The molecule has 4 rings (SSSR count). The maximum atomic E-state index is 12.7. The predicted octanol–water partition coefficient (Wildman–Crippen LogP) is 2.37. The highest BCUT2D eigenvalue weighted by Crippen LogP contribution is 2.50. The number of fused-ring (bicyclic) bond motifs is 3. The molecule has 144 valence electrons. The third-order valence-corrected chi connectivity index (χ3v) is 6.82. The monoisotopic (exact) mass is 363 g/mol. The number of carboxylic acid groups (broad SMARTS) is 1. The van der Waals surface area contributed by atoms with Crippen molar-refractivity contribution in [3.05, 3.63) is 11.6 Å². The molecule has 0 aromatic heterocycles. The van der Waals surface area contributed by atoms with Crippen LogP contribution in [0.2, 0.25) is 0 Å². The first-order chi connectivity index (χ1) is 12.4. The quantitative estimate of drug-likeness (QED) is 0.471. The van der Waals surface area contributed by atoms with Crippen LogP contribution in [-0.4, -0.2) is 58.9 Å². The minimum absolute atomic E-state index is 0.0119. The van der Waals surface area contributed by atoms with Gasteiger partial charge in [-0.2, -0.15) is 0 Å². The van der Waals surface area contributed by atoms with Gasteiger partial charge in [0, 0.05) is 12.5 Å². The Bertz CT molecular complexity index is 632. The summed E-state index contributed by atoms with van der Waals surface area (Å²) in [4.78, 5) is 26.1. The molecule has 3 aliphatic heterocycles. The van der Waals surface area contributed by atoms with Gasteiger partial charge in [0.2, 0.25) is 0 Å². The zero-order valence-corrected chi connectivity index (χ0v) is 15.6. The van der Waals surface area contributed by atoms with Crippen LogP contribution < -0.4 is 0 Å². The van der Waals surface area contributed by atoms with Gasteiger partial charge in [-0.3, -0.25) is 14.5 Å². The van der Waals surface area contributed by atoms with Crippen molar-refractivity contribution in [3.63, 3.8) is 0 Å². The number of esters is 1. The van der Waals surface area contributed by atoms with Crippen molar-refractivity contribution in [2.75, 3.05) is 13.1 Å². The molecule has 0 amide bonds. The molecule has 1 N–H and O–H groups in total. The van der Waals surface area contributed by atoms with Crippen LogP contribution in [0.15, 0.2) is 11.6 Å². The fraction of sp³-hybridized carbons (Fsp3) is 0.800. The highest BCUT2D eigenvalue weighted by Gasteiger charge is 2.62. The first-order valence-corrected chi connectivity index (χ1v) is 9.90. The molecule has 4 aliphatic rings. The lowest BCUT2D eigenvalue weighted by atomic mass is 9.80. The molecule has 3 saturated heterocycles. The first kappa shape index (κ1) is 18.0. The Morgan fingerprint density at radius 3 is 3.00 bits per heavy atom. The Kier molecular flexibility index (Phi) is 4.59. The van der Waals surface area contributed by atoms with Crippen LogP contribution in [0.3, 0.4) is 0 Å². The molecule has 3 heterocycles. The number of hydrogen-bond donors (Lipinski definition) is 1. The minimum atomic E-state index is -0.784. The minimum Gasteiger partial charge on any atom is -0.480 e. The van der Waals surface area contributed by atoms with E-state index in [1.165, 1.54) is 5.57 Å². The van der Waals surface area contributed by atoms with Crippen molar-refractivity contribution in [2.24, 2.45) is 11.8 Å². The van der Waals surface area contributed by atoms with Gasteiger partial charge in [0.15, 0.2) is 0 Å². The Morgan fingerprint density at radius 1 is 1.42 bits per heavy atom. The fourth-order valence-corrected chi connectivity index (χ4v) is 5.12. The number of likely N-dealkylation sites (tertiary alicyclic amines) is 1. The molecular weight excluding hydrogens is 334 g/mol. The molecule has 0 aromatic carbocycles. The van der Waals surface area contributed by atoms with E-state index in [-0.39, 0.29) is 35.6 Å². The average molecular weight is 363 g/mol. The number of carboxylic acids is 1. The van der Waals surface area contributed by atoms with Crippen molar-refractivity contribution in [2.45, 2.75) is 76.2 Å². The highest BCUT2D eigenvalue weighted by molar-refractivity contribution is 5.77. The Morgan fingerprint density at radius 2 is 2.23 bits per heavy atom. The zero-order valence-electron chi connectivity index (χ0n) is 15.6. The highest BCUT2D eigenvalue weighted by atomic mass is 16.6. The molecule has 6 atom stereocenters. The predicted molar refractivity (Wildman–Crippen MR) is 94.6 cm³/mol. The normalized spacial score (nSPS) is 43.2. The largest absolute Gasteiger partial charge is 0.480 e. The molecular formula is C20H29NO5. The lowest BCUT2D eigenvalue weighted by Gasteiger charge is -2.27. The third kappa shape index (κ3) is 3.18. The summed E-state index contributed by atoms with van der Waals surface area (Å²) < 4.78 is 11.8. The number of ether oxygens (including phenoxy) is 2. The molecule has 6 heteroatoms. The molecule has 0 aromatic rings. The number of carbonyl (C=O) groups is 2. The van der Waals surface area contributed by atoms with E-state index in [0.717, 1.165) is 38.6 Å². The number of allylic oxidation sites excluding steroid dienone is 2. The van der Waals surface area contributed by atoms with Crippen LogP contribution in [0, 0.1) is 11.8 Å². The lowest BCUT2D eigenvalue weighted by Crippen LogP contribution is -2.42. The van der Waals surface area contributed by atoms with E-state index in [1.54, 1.807) is 0 Å². The van der Waals surface area contributed by atoms with Gasteiger partial charge in [0.05, 0.1) is 11.5 Å². The standard InChI is InChI=1S/C20H29NO5/c1-12-5-3-9-20(2)17(26-20)16-13(8-7-12)14(19(24)25-16)11-21-10-4-6-15(21)18(22)23/h5,13-17H,3-4,6-11H2,1-2H3,(H,22,23). The van der Waals surface area contributed by atoms with Gasteiger partial charge in [-0.15, -0.1) is 0 Å². The molecule has 6 nitrogen and oxygen atoms in total. The number of rotatable bonds is 3. The summed E-state index contributed by atoms with van der Waals surface area (Å²) in [7, 11) is 0. The van der Waals surface area contributed by atoms with E-state index in [4.69, 9.17) is 9.47 Å². The Hall–Kier alpha value is -1.40. The second kappa shape index (κ2) is 6.64. The van der Waals surface area contributed by atoms with Crippen molar-refractivity contribution in [1.82, 2.24) is 4.90 Å². The summed E-state index contributed by atoms with van der Waals surface area (Å²) in [6, 6.07) is -0.467. The molecule has 3 fully saturated rings. The topological polar surface area (TPSA) is 79.4 Å². The van der Waals surface area contributed by atoms with Gasteiger partial charge >= 0.3 is 11.9 Å². The molecule has 1 aliphatic carbocycles. The van der Waals surface area contributed by atoms with Crippen LogP contribution in [-0.2, 0) is 19.1 Å². The Balaban J connectivity index is 1.54. The van der Waals surface area contributed by atoms with Gasteiger partial charge in [-0.1, -0.05) is 11.6 Å². The number of nitrogens with zero attached hydrogens (tertiary/aromatic N) is 1. The average Bonchev–Trinajstić information content (AvgIpc) is 2.92. The van der Waals surface area contributed by atoms with E-state index in [2.05, 4.69) is 19.9 Å². The second-order valence-corrected chi connectivity index (χ2v) is 8.64. The van der Waals surface area contributed by atoms with Gasteiger partial charge in [-0.05, 0) is 58.9 Å². The number of aliphatic carboxylic acids is 1. The van der Waals surface area contributed by atoms with Crippen LogP contribution >= 0.6 is 0 Å². The van der Waals surface area contributed by atoms with Crippen molar-refractivity contribution in [3.8, 4) is 0 Å². The summed E-state index contributed by atoms with van der Waals surface area (Å²) in [6.07, 6.45) is 7.43. The third-order valence-electron chi connectivity index (χ3n) is 6.82. The van der Waals surface area contributed by atoms with E-state index < -0.39 is 12.0 Å². The van der Waals surface area contributed by atoms with E-state index in [0.29, 0.717) is 13.0 Å². The lowest BCUT2D eigenvalue weighted by molar-refractivity contribution is -0.147. The van der Waals surface area contributed by atoms with Gasteiger partial charge in [0.1, 0.15) is 18.2 Å². The van der Waals surface area contributed by atoms with Gasteiger partial charge in [-0.25, -0.2) is 0 Å². The molecule has 26 heavy (non-hydrogen) atoms. The number of hydrogen-bond acceptors (Lipinski definition) is 5. The summed E-state index contributed by atoms with van der Waals surface area (Å²) in [5.74, 6) is -1.10. The van der Waals surface area contributed by atoms with Crippen molar-refractivity contribution in [1.29, 1.82) is 0 Å². The molecule has 6 unspecified atom stereocenters. The maximum Gasteiger partial charge on any atom is 0.320 e. The number of epoxide rings is 1. The van der Waals surface area contributed by atoms with Crippen LogP contribution in [0.1, 0.15) is 52.4 Å². The summed E-state index contributed by atoms with van der Waals surface area (Å²) in [5.41, 5.74) is 1.16. The van der Waals surface area contributed by atoms with Crippen molar-refractivity contribution >= 4 is 11.9 Å².